The normalized spacial score (nSPS) is 9.86. The fourth-order valence-electron chi connectivity index (χ4n) is 1.13. The molecule has 0 spiro atoms. The van der Waals surface area contributed by atoms with Gasteiger partial charge in [-0.15, -0.1) is 0 Å². The maximum atomic E-state index is 8.81. The molecule has 0 unspecified atom stereocenters. The van der Waals surface area contributed by atoms with E-state index in [0.29, 0.717) is 11.5 Å². The maximum absolute atomic E-state index is 8.81. The Morgan fingerprint density at radius 1 is 1.57 bits per heavy atom. The van der Waals surface area contributed by atoms with Gasteiger partial charge in [-0.3, -0.25) is 4.98 Å². The molecule has 1 aromatic rings. The van der Waals surface area contributed by atoms with Gasteiger partial charge in [0.1, 0.15) is 6.07 Å². The first-order chi connectivity index (χ1) is 6.74. The molecule has 0 aromatic carbocycles. The van der Waals surface area contributed by atoms with Gasteiger partial charge < -0.3 is 5.32 Å². The smallest absolute Gasteiger partial charge is 0.101 e. The summed E-state index contributed by atoms with van der Waals surface area (Å²) in [6, 6.07) is 3.85. The second kappa shape index (κ2) is 5.23. The summed E-state index contributed by atoms with van der Waals surface area (Å²) in [5.74, 6) is 0.671. The van der Waals surface area contributed by atoms with Crippen LogP contribution in [0.25, 0.3) is 0 Å². The molecule has 14 heavy (non-hydrogen) atoms. The third-order valence-corrected chi connectivity index (χ3v) is 1.98. The molecular formula is C11H15N3. The lowest BCUT2D eigenvalue weighted by atomic mass is 10.1. The molecule has 1 aromatic heterocycles. The first-order valence-electron chi connectivity index (χ1n) is 4.82. The second-order valence-corrected chi connectivity index (χ2v) is 3.64. The van der Waals surface area contributed by atoms with Crippen molar-refractivity contribution >= 4 is 5.69 Å². The van der Waals surface area contributed by atoms with Crippen LogP contribution in [-0.4, -0.2) is 11.5 Å². The average Bonchev–Trinajstić information content (AvgIpc) is 2.18. The van der Waals surface area contributed by atoms with E-state index in [1.807, 2.05) is 0 Å². The predicted molar refractivity (Wildman–Crippen MR) is 56.9 cm³/mol. The van der Waals surface area contributed by atoms with Crippen LogP contribution in [-0.2, 0) is 0 Å². The standard InChI is InChI=1S/C11H15N3/c1-9(2)3-6-14-11-8-13-5-4-10(11)7-12/h4-5,8-9,14H,3,6H2,1-2H3. The van der Waals surface area contributed by atoms with Gasteiger partial charge in [0.15, 0.2) is 0 Å². The Kier molecular flexibility index (Phi) is 3.93. The molecule has 1 N–H and O–H groups in total. The molecule has 0 amide bonds. The highest BCUT2D eigenvalue weighted by Gasteiger charge is 2.00. The van der Waals surface area contributed by atoms with Crippen molar-refractivity contribution in [2.45, 2.75) is 20.3 Å². The zero-order valence-corrected chi connectivity index (χ0v) is 8.62. The molecular weight excluding hydrogens is 174 g/mol. The van der Waals surface area contributed by atoms with Gasteiger partial charge in [-0.25, -0.2) is 0 Å². The van der Waals surface area contributed by atoms with Crippen molar-refractivity contribution in [1.29, 1.82) is 5.26 Å². The monoisotopic (exact) mass is 189 g/mol. The summed E-state index contributed by atoms with van der Waals surface area (Å²) >= 11 is 0. The largest absolute Gasteiger partial charge is 0.383 e. The summed E-state index contributed by atoms with van der Waals surface area (Å²) < 4.78 is 0. The van der Waals surface area contributed by atoms with Crippen molar-refractivity contribution in [3.05, 3.63) is 24.0 Å². The third-order valence-electron chi connectivity index (χ3n) is 1.98. The second-order valence-electron chi connectivity index (χ2n) is 3.64. The van der Waals surface area contributed by atoms with Crippen LogP contribution in [0.3, 0.4) is 0 Å². The van der Waals surface area contributed by atoms with Crippen molar-refractivity contribution in [2.24, 2.45) is 5.92 Å². The van der Waals surface area contributed by atoms with Crippen LogP contribution < -0.4 is 5.32 Å². The highest BCUT2D eigenvalue weighted by molar-refractivity contribution is 5.55. The Hall–Kier alpha value is -1.56. The van der Waals surface area contributed by atoms with E-state index in [9.17, 15) is 0 Å². The van der Waals surface area contributed by atoms with E-state index < -0.39 is 0 Å². The molecule has 1 heterocycles. The van der Waals surface area contributed by atoms with E-state index in [-0.39, 0.29) is 0 Å². The summed E-state index contributed by atoms with van der Waals surface area (Å²) in [5.41, 5.74) is 1.49. The van der Waals surface area contributed by atoms with Crippen molar-refractivity contribution in [3.63, 3.8) is 0 Å². The number of hydrogen-bond acceptors (Lipinski definition) is 3. The van der Waals surface area contributed by atoms with Gasteiger partial charge in [0.25, 0.3) is 0 Å². The molecule has 1 rings (SSSR count). The summed E-state index contributed by atoms with van der Waals surface area (Å²) in [5, 5.41) is 12.0. The van der Waals surface area contributed by atoms with Crippen LogP contribution in [0.2, 0.25) is 0 Å². The van der Waals surface area contributed by atoms with Crippen LogP contribution in [0.15, 0.2) is 18.5 Å². The Morgan fingerprint density at radius 3 is 3.00 bits per heavy atom. The summed E-state index contributed by atoms with van der Waals surface area (Å²) in [6.07, 6.45) is 4.42. The zero-order chi connectivity index (χ0) is 10.4. The van der Waals surface area contributed by atoms with Crippen LogP contribution >= 0.6 is 0 Å². The van der Waals surface area contributed by atoms with Gasteiger partial charge in [-0.2, -0.15) is 5.26 Å². The Morgan fingerprint density at radius 2 is 2.36 bits per heavy atom. The summed E-state index contributed by atoms with van der Waals surface area (Å²) in [6.45, 7) is 5.24. The van der Waals surface area contributed by atoms with Crippen molar-refractivity contribution in [1.82, 2.24) is 4.98 Å². The van der Waals surface area contributed by atoms with Crippen LogP contribution in [0.1, 0.15) is 25.8 Å². The lowest BCUT2D eigenvalue weighted by molar-refractivity contribution is 0.607. The minimum absolute atomic E-state index is 0.656. The fraction of sp³-hybridized carbons (Fsp3) is 0.455. The third kappa shape index (κ3) is 3.06. The zero-order valence-electron chi connectivity index (χ0n) is 8.62. The van der Waals surface area contributed by atoms with E-state index in [1.54, 1.807) is 18.5 Å². The van der Waals surface area contributed by atoms with E-state index in [1.165, 1.54) is 0 Å². The van der Waals surface area contributed by atoms with Crippen molar-refractivity contribution in [2.75, 3.05) is 11.9 Å². The van der Waals surface area contributed by atoms with Crippen LogP contribution in [0.5, 0.6) is 0 Å². The number of pyridine rings is 1. The van der Waals surface area contributed by atoms with Gasteiger partial charge in [0.2, 0.25) is 0 Å². The molecule has 0 saturated heterocycles. The molecule has 0 atom stereocenters. The molecule has 0 aliphatic carbocycles. The number of aromatic nitrogens is 1. The van der Waals surface area contributed by atoms with Gasteiger partial charge in [0.05, 0.1) is 17.4 Å². The SMILES string of the molecule is CC(C)CCNc1cnccc1C#N. The first-order valence-corrected chi connectivity index (χ1v) is 4.82. The molecule has 0 radical (unpaired) electrons. The van der Waals surface area contributed by atoms with E-state index in [4.69, 9.17) is 5.26 Å². The Labute approximate surface area is 84.8 Å². The number of rotatable bonds is 4. The van der Waals surface area contributed by atoms with E-state index in [0.717, 1.165) is 18.7 Å². The highest BCUT2D eigenvalue weighted by Crippen LogP contribution is 2.12. The minimum Gasteiger partial charge on any atom is -0.383 e. The van der Waals surface area contributed by atoms with E-state index >= 15 is 0 Å². The summed E-state index contributed by atoms with van der Waals surface area (Å²) in [4.78, 5) is 3.98. The Bertz CT molecular complexity index is 326. The van der Waals surface area contributed by atoms with Gasteiger partial charge in [-0.05, 0) is 18.4 Å². The van der Waals surface area contributed by atoms with Gasteiger partial charge in [-0.1, -0.05) is 13.8 Å². The van der Waals surface area contributed by atoms with Gasteiger partial charge >= 0.3 is 0 Å². The average molecular weight is 189 g/mol. The number of anilines is 1. The van der Waals surface area contributed by atoms with E-state index in [2.05, 4.69) is 30.2 Å². The number of nitrogens with one attached hydrogen (secondary N) is 1. The predicted octanol–water partition coefficient (Wildman–Crippen LogP) is 2.41. The number of nitriles is 1. The molecule has 74 valence electrons. The van der Waals surface area contributed by atoms with Gasteiger partial charge in [0, 0.05) is 12.7 Å². The fourth-order valence-corrected chi connectivity index (χ4v) is 1.13. The molecule has 0 fully saturated rings. The highest BCUT2D eigenvalue weighted by atomic mass is 14.9. The number of nitrogens with zero attached hydrogens (tertiary/aromatic N) is 2. The number of hydrogen-bond donors (Lipinski definition) is 1. The minimum atomic E-state index is 0.656. The molecule has 0 bridgehead atoms. The molecule has 0 aliphatic heterocycles. The van der Waals surface area contributed by atoms with Crippen LogP contribution in [0, 0.1) is 17.2 Å². The van der Waals surface area contributed by atoms with Crippen molar-refractivity contribution < 1.29 is 0 Å². The topological polar surface area (TPSA) is 48.7 Å². The first kappa shape index (κ1) is 10.5. The molecule has 0 saturated carbocycles. The quantitative estimate of drug-likeness (QED) is 0.791. The molecule has 0 aliphatic rings. The lowest BCUT2D eigenvalue weighted by Gasteiger charge is -2.08. The molecule has 3 heteroatoms. The molecule has 3 nitrogen and oxygen atoms in total. The summed E-state index contributed by atoms with van der Waals surface area (Å²) in [7, 11) is 0. The van der Waals surface area contributed by atoms with Crippen molar-refractivity contribution in [3.8, 4) is 6.07 Å². The van der Waals surface area contributed by atoms with Crippen LogP contribution in [0.4, 0.5) is 5.69 Å². The lowest BCUT2D eigenvalue weighted by Crippen LogP contribution is -2.06. The maximum Gasteiger partial charge on any atom is 0.101 e. The Balaban J connectivity index is 2.54.